The Hall–Kier alpha value is -1.98. The standard InChI is InChI=1S/C17H16N2OS2/c1-12-4-6-13(7-5-12)8-9-16(20)19-17-18-14(11-22-17)15-3-2-10-21-15/h2-7,10-11H,8-9H2,1H3,(H,18,19,20). The lowest BCUT2D eigenvalue weighted by molar-refractivity contribution is -0.116. The molecule has 0 fully saturated rings. The molecule has 0 radical (unpaired) electrons. The van der Waals surface area contributed by atoms with Crippen LogP contribution >= 0.6 is 22.7 Å². The highest BCUT2D eigenvalue weighted by Gasteiger charge is 2.08. The van der Waals surface area contributed by atoms with Crippen LogP contribution < -0.4 is 5.32 Å². The Morgan fingerprint density at radius 2 is 2.00 bits per heavy atom. The third-order valence-electron chi connectivity index (χ3n) is 3.29. The minimum atomic E-state index is 0.00709. The molecule has 0 aliphatic carbocycles. The van der Waals surface area contributed by atoms with E-state index in [0.717, 1.165) is 17.0 Å². The Kier molecular flexibility index (Phi) is 4.65. The maximum atomic E-state index is 12.0. The summed E-state index contributed by atoms with van der Waals surface area (Å²) in [6, 6.07) is 12.3. The molecule has 0 bridgehead atoms. The number of thiophene rings is 1. The molecule has 0 saturated heterocycles. The molecule has 1 amide bonds. The fourth-order valence-electron chi connectivity index (χ4n) is 2.06. The molecular formula is C17H16N2OS2. The smallest absolute Gasteiger partial charge is 0.226 e. The van der Waals surface area contributed by atoms with Crippen LogP contribution in [0.1, 0.15) is 17.5 Å². The van der Waals surface area contributed by atoms with Crippen LogP contribution in [-0.2, 0) is 11.2 Å². The molecule has 3 nitrogen and oxygen atoms in total. The Balaban J connectivity index is 1.54. The van der Waals surface area contributed by atoms with Gasteiger partial charge in [0.25, 0.3) is 0 Å². The van der Waals surface area contributed by atoms with Crippen molar-refractivity contribution in [2.24, 2.45) is 0 Å². The number of hydrogen-bond acceptors (Lipinski definition) is 4. The molecule has 1 aromatic carbocycles. The van der Waals surface area contributed by atoms with Crippen molar-refractivity contribution in [2.75, 3.05) is 5.32 Å². The number of aryl methyl sites for hydroxylation is 2. The van der Waals surface area contributed by atoms with Gasteiger partial charge >= 0.3 is 0 Å². The molecule has 1 N–H and O–H groups in total. The van der Waals surface area contributed by atoms with Crippen LogP contribution in [0.4, 0.5) is 5.13 Å². The van der Waals surface area contributed by atoms with Crippen LogP contribution in [0.3, 0.4) is 0 Å². The van der Waals surface area contributed by atoms with Gasteiger partial charge in [0.2, 0.25) is 5.91 Å². The summed E-state index contributed by atoms with van der Waals surface area (Å²) in [4.78, 5) is 17.6. The summed E-state index contributed by atoms with van der Waals surface area (Å²) in [5.74, 6) is 0.00709. The molecule has 0 unspecified atom stereocenters. The quantitative estimate of drug-likeness (QED) is 0.734. The summed E-state index contributed by atoms with van der Waals surface area (Å²) >= 11 is 3.11. The zero-order valence-electron chi connectivity index (χ0n) is 12.2. The van der Waals surface area contributed by atoms with Gasteiger partial charge in [0.15, 0.2) is 5.13 Å². The fourth-order valence-corrected chi connectivity index (χ4v) is 3.55. The fraction of sp³-hybridized carbons (Fsp3) is 0.176. The first-order valence-electron chi connectivity index (χ1n) is 7.05. The second-order valence-corrected chi connectivity index (χ2v) is 6.85. The highest BCUT2D eigenvalue weighted by molar-refractivity contribution is 7.16. The molecule has 3 aromatic rings. The van der Waals surface area contributed by atoms with Crippen molar-refractivity contribution >= 4 is 33.7 Å². The first-order valence-corrected chi connectivity index (χ1v) is 8.81. The third kappa shape index (κ3) is 3.81. The molecule has 0 aliphatic heterocycles. The van der Waals surface area contributed by atoms with E-state index in [-0.39, 0.29) is 5.91 Å². The maximum Gasteiger partial charge on any atom is 0.226 e. The predicted molar refractivity (Wildman–Crippen MR) is 93.6 cm³/mol. The van der Waals surface area contributed by atoms with E-state index in [4.69, 9.17) is 0 Å². The normalized spacial score (nSPS) is 10.6. The molecular weight excluding hydrogens is 312 g/mol. The lowest BCUT2D eigenvalue weighted by Crippen LogP contribution is -2.12. The van der Waals surface area contributed by atoms with Gasteiger partial charge in [0.05, 0.1) is 10.6 Å². The predicted octanol–water partition coefficient (Wildman–Crippen LogP) is 4.75. The molecule has 3 rings (SSSR count). The Labute approximate surface area is 137 Å². The number of thiazole rings is 1. The van der Waals surface area contributed by atoms with E-state index in [1.807, 2.05) is 22.9 Å². The first-order chi connectivity index (χ1) is 10.7. The van der Waals surface area contributed by atoms with Crippen molar-refractivity contribution in [1.82, 2.24) is 4.98 Å². The molecule has 0 atom stereocenters. The second-order valence-electron chi connectivity index (χ2n) is 5.05. The van der Waals surface area contributed by atoms with Crippen molar-refractivity contribution in [1.29, 1.82) is 0 Å². The highest BCUT2D eigenvalue weighted by Crippen LogP contribution is 2.28. The molecule has 2 aromatic heterocycles. The van der Waals surface area contributed by atoms with Gasteiger partial charge in [0, 0.05) is 11.8 Å². The summed E-state index contributed by atoms with van der Waals surface area (Å²) in [7, 11) is 0. The molecule has 2 heterocycles. The van der Waals surface area contributed by atoms with Crippen molar-refractivity contribution in [3.8, 4) is 10.6 Å². The summed E-state index contributed by atoms with van der Waals surface area (Å²) in [6.07, 6.45) is 1.21. The van der Waals surface area contributed by atoms with Gasteiger partial charge in [-0.2, -0.15) is 0 Å². The van der Waals surface area contributed by atoms with E-state index >= 15 is 0 Å². The van der Waals surface area contributed by atoms with Gasteiger partial charge in [-0.3, -0.25) is 4.79 Å². The van der Waals surface area contributed by atoms with Crippen LogP contribution in [0.25, 0.3) is 10.6 Å². The minimum absolute atomic E-state index is 0.00709. The number of benzene rings is 1. The van der Waals surface area contributed by atoms with Gasteiger partial charge in [-0.15, -0.1) is 22.7 Å². The zero-order chi connectivity index (χ0) is 15.4. The topological polar surface area (TPSA) is 42.0 Å². The number of carbonyl (C=O) groups is 1. The van der Waals surface area contributed by atoms with Gasteiger partial charge in [-0.05, 0) is 30.4 Å². The van der Waals surface area contributed by atoms with E-state index < -0.39 is 0 Å². The Morgan fingerprint density at radius 1 is 1.18 bits per heavy atom. The molecule has 5 heteroatoms. The molecule has 0 aliphatic rings. The van der Waals surface area contributed by atoms with Crippen molar-refractivity contribution in [3.63, 3.8) is 0 Å². The van der Waals surface area contributed by atoms with E-state index in [1.54, 1.807) is 11.3 Å². The van der Waals surface area contributed by atoms with Gasteiger partial charge in [-0.25, -0.2) is 4.98 Å². The van der Waals surface area contributed by atoms with E-state index in [9.17, 15) is 4.79 Å². The van der Waals surface area contributed by atoms with Gasteiger partial charge < -0.3 is 5.32 Å². The van der Waals surface area contributed by atoms with Crippen molar-refractivity contribution in [3.05, 3.63) is 58.3 Å². The number of anilines is 1. The number of amides is 1. The minimum Gasteiger partial charge on any atom is -0.302 e. The van der Waals surface area contributed by atoms with E-state index in [2.05, 4.69) is 41.5 Å². The second kappa shape index (κ2) is 6.85. The van der Waals surface area contributed by atoms with Crippen LogP contribution in [0.15, 0.2) is 47.2 Å². The summed E-state index contributed by atoms with van der Waals surface area (Å²) in [5.41, 5.74) is 3.34. The SMILES string of the molecule is Cc1ccc(CCC(=O)Nc2nc(-c3cccs3)cs2)cc1. The van der Waals surface area contributed by atoms with Gasteiger partial charge in [-0.1, -0.05) is 35.9 Å². The number of hydrogen-bond donors (Lipinski definition) is 1. The van der Waals surface area contributed by atoms with Crippen molar-refractivity contribution < 1.29 is 4.79 Å². The third-order valence-corrected chi connectivity index (χ3v) is 4.94. The lowest BCUT2D eigenvalue weighted by Gasteiger charge is -2.02. The summed E-state index contributed by atoms with van der Waals surface area (Å²) in [6.45, 7) is 2.06. The zero-order valence-corrected chi connectivity index (χ0v) is 13.8. The van der Waals surface area contributed by atoms with Gasteiger partial charge in [0.1, 0.15) is 0 Å². The largest absolute Gasteiger partial charge is 0.302 e. The molecule has 22 heavy (non-hydrogen) atoms. The number of nitrogens with zero attached hydrogens (tertiary/aromatic N) is 1. The van der Waals surface area contributed by atoms with E-state index in [1.165, 1.54) is 22.5 Å². The van der Waals surface area contributed by atoms with Crippen LogP contribution in [-0.4, -0.2) is 10.9 Å². The van der Waals surface area contributed by atoms with Crippen LogP contribution in [0.2, 0.25) is 0 Å². The Bertz CT molecular complexity index is 745. The average Bonchev–Trinajstić information content (AvgIpc) is 3.17. The first kappa shape index (κ1) is 14.9. The van der Waals surface area contributed by atoms with E-state index in [0.29, 0.717) is 11.6 Å². The number of nitrogens with one attached hydrogen (secondary N) is 1. The highest BCUT2D eigenvalue weighted by atomic mass is 32.1. The summed E-state index contributed by atoms with van der Waals surface area (Å²) < 4.78 is 0. The van der Waals surface area contributed by atoms with Crippen LogP contribution in [0, 0.1) is 6.92 Å². The lowest BCUT2D eigenvalue weighted by atomic mass is 10.1. The monoisotopic (exact) mass is 328 g/mol. The molecule has 0 spiro atoms. The number of rotatable bonds is 5. The van der Waals surface area contributed by atoms with Crippen LogP contribution in [0.5, 0.6) is 0 Å². The van der Waals surface area contributed by atoms with Crippen molar-refractivity contribution in [2.45, 2.75) is 19.8 Å². The maximum absolute atomic E-state index is 12.0. The molecule has 0 saturated carbocycles. The average molecular weight is 328 g/mol. The molecule has 112 valence electrons. The summed E-state index contributed by atoms with van der Waals surface area (Å²) in [5, 5.41) is 7.54. The Morgan fingerprint density at radius 3 is 2.73 bits per heavy atom. The number of aromatic nitrogens is 1. The number of carbonyl (C=O) groups excluding carboxylic acids is 1.